The molecular formula is C34H36N2O6S. The fraction of sp³-hybridized carbons (Fsp3) is 0.265. The molecule has 8 nitrogen and oxygen atoms in total. The van der Waals surface area contributed by atoms with E-state index in [0.717, 1.165) is 22.4 Å². The molecule has 4 atom stereocenters. The minimum absolute atomic E-state index is 0.0190. The largest absolute Gasteiger partial charge is 0.457 e. The second kappa shape index (κ2) is 15.0. The summed E-state index contributed by atoms with van der Waals surface area (Å²) in [5.74, 6) is 2.80. The number of thioether (sulfide) groups is 1. The van der Waals surface area contributed by atoms with Crippen LogP contribution in [0, 0.1) is 5.92 Å². The first kappa shape index (κ1) is 30.6. The van der Waals surface area contributed by atoms with Crippen molar-refractivity contribution in [1.82, 2.24) is 0 Å². The molecule has 0 saturated carbocycles. The van der Waals surface area contributed by atoms with Gasteiger partial charge in [-0.2, -0.15) is 11.8 Å². The number of hydrogen-bond donors (Lipinski definition) is 4. The van der Waals surface area contributed by atoms with Crippen molar-refractivity contribution < 1.29 is 29.2 Å². The number of carbonyl (C=O) groups excluding carboxylic acids is 1. The van der Waals surface area contributed by atoms with E-state index in [-0.39, 0.29) is 37.4 Å². The van der Waals surface area contributed by atoms with Crippen LogP contribution >= 0.6 is 11.8 Å². The summed E-state index contributed by atoms with van der Waals surface area (Å²) in [5.41, 5.74) is 3.84. The molecule has 0 aliphatic carbocycles. The molecule has 224 valence electrons. The monoisotopic (exact) mass is 600 g/mol. The van der Waals surface area contributed by atoms with E-state index in [1.54, 1.807) is 36.0 Å². The zero-order chi connectivity index (χ0) is 30.0. The van der Waals surface area contributed by atoms with Gasteiger partial charge in [0.1, 0.15) is 11.5 Å². The standard InChI is InChI=1S/C34H36N2O6S/c1-23-31(22-43-19-18-37)41-33(42-32(23)25-12-10-24(21-38)11-13-25)26-6-5-7-28(20-26)36-34(39)35-27-14-16-30(17-15-27)40-29-8-3-2-4-9-29/h2-17,20,23,31-33,37-38H,18-19,21-22H2,1H3,(H2,35,36,39). The van der Waals surface area contributed by atoms with E-state index in [2.05, 4.69) is 17.6 Å². The number of amides is 2. The Labute approximate surface area is 256 Å². The molecule has 0 spiro atoms. The quantitative estimate of drug-likeness (QED) is 0.136. The molecule has 1 fully saturated rings. The fourth-order valence-electron chi connectivity index (χ4n) is 4.86. The second-order valence-electron chi connectivity index (χ2n) is 10.3. The molecular weight excluding hydrogens is 564 g/mol. The number of aliphatic hydroxyl groups is 2. The van der Waals surface area contributed by atoms with Crippen molar-refractivity contribution in [3.63, 3.8) is 0 Å². The maximum Gasteiger partial charge on any atom is 0.323 e. The summed E-state index contributed by atoms with van der Waals surface area (Å²) in [6.45, 7) is 2.20. The highest BCUT2D eigenvalue weighted by Gasteiger charge is 2.38. The number of hydrogen-bond acceptors (Lipinski definition) is 7. The summed E-state index contributed by atoms with van der Waals surface area (Å²) in [6, 6.07) is 31.5. The first-order valence-corrected chi connectivity index (χ1v) is 15.4. The molecule has 5 rings (SSSR count). The molecule has 4 unspecified atom stereocenters. The molecule has 1 aliphatic heterocycles. The van der Waals surface area contributed by atoms with Crippen molar-refractivity contribution in [1.29, 1.82) is 0 Å². The Morgan fingerprint density at radius 2 is 1.53 bits per heavy atom. The number of carbonyl (C=O) groups is 1. The van der Waals surface area contributed by atoms with Gasteiger partial charge in [0.05, 0.1) is 25.4 Å². The normalized spacial score (nSPS) is 19.9. The van der Waals surface area contributed by atoms with Crippen molar-refractivity contribution in [2.45, 2.75) is 32.0 Å². The summed E-state index contributed by atoms with van der Waals surface area (Å²) < 4.78 is 18.8. The summed E-state index contributed by atoms with van der Waals surface area (Å²) in [5, 5.41) is 24.5. The average Bonchev–Trinajstić information content (AvgIpc) is 3.03. The number of rotatable bonds is 11. The molecule has 0 bridgehead atoms. The number of aliphatic hydroxyl groups excluding tert-OH is 2. The number of urea groups is 1. The smallest absolute Gasteiger partial charge is 0.323 e. The van der Waals surface area contributed by atoms with Gasteiger partial charge in [0.15, 0.2) is 6.29 Å². The summed E-state index contributed by atoms with van der Waals surface area (Å²) in [6.07, 6.45) is -1.01. The van der Waals surface area contributed by atoms with E-state index in [9.17, 15) is 15.0 Å². The summed E-state index contributed by atoms with van der Waals surface area (Å²) >= 11 is 1.64. The zero-order valence-electron chi connectivity index (χ0n) is 23.9. The number of nitrogens with one attached hydrogen (secondary N) is 2. The highest BCUT2D eigenvalue weighted by molar-refractivity contribution is 7.99. The summed E-state index contributed by atoms with van der Waals surface area (Å²) in [4.78, 5) is 12.8. The molecule has 0 radical (unpaired) electrons. The lowest BCUT2D eigenvalue weighted by atomic mass is 9.91. The van der Waals surface area contributed by atoms with Crippen LogP contribution in [-0.4, -0.2) is 40.5 Å². The van der Waals surface area contributed by atoms with Crippen LogP contribution in [0.4, 0.5) is 16.2 Å². The topological polar surface area (TPSA) is 109 Å². The van der Waals surface area contributed by atoms with E-state index < -0.39 is 6.29 Å². The van der Waals surface area contributed by atoms with Gasteiger partial charge < -0.3 is 35.1 Å². The first-order valence-electron chi connectivity index (χ1n) is 14.2. The molecule has 1 aliphatic rings. The number of para-hydroxylation sites is 1. The number of anilines is 2. The third kappa shape index (κ3) is 8.37. The lowest BCUT2D eigenvalue weighted by molar-refractivity contribution is -0.268. The zero-order valence-corrected chi connectivity index (χ0v) is 24.7. The highest BCUT2D eigenvalue weighted by Crippen LogP contribution is 2.42. The van der Waals surface area contributed by atoms with Crippen molar-refractivity contribution in [2.75, 3.05) is 28.7 Å². The third-order valence-electron chi connectivity index (χ3n) is 7.15. The van der Waals surface area contributed by atoms with E-state index >= 15 is 0 Å². The Balaban J connectivity index is 1.25. The number of benzene rings is 4. The molecule has 43 heavy (non-hydrogen) atoms. The molecule has 4 aromatic rings. The maximum atomic E-state index is 12.8. The SMILES string of the molecule is CC1C(CSCCO)OC(c2cccc(NC(=O)Nc3ccc(Oc4ccccc4)cc3)c2)OC1c1ccc(CO)cc1. The third-order valence-corrected chi connectivity index (χ3v) is 8.18. The van der Waals surface area contributed by atoms with Crippen molar-refractivity contribution in [3.05, 3.63) is 120 Å². The summed E-state index contributed by atoms with van der Waals surface area (Å²) in [7, 11) is 0. The van der Waals surface area contributed by atoms with E-state index in [4.69, 9.17) is 14.2 Å². The van der Waals surface area contributed by atoms with Crippen LogP contribution in [0.25, 0.3) is 0 Å². The van der Waals surface area contributed by atoms with Crippen molar-refractivity contribution in [2.24, 2.45) is 5.92 Å². The van der Waals surface area contributed by atoms with E-state index in [1.165, 1.54) is 0 Å². The molecule has 1 saturated heterocycles. The molecule has 4 N–H and O–H groups in total. The van der Waals surface area contributed by atoms with Crippen LogP contribution < -0.4 is 15.4 Å². The van der Waals surface area contributed by atoms with Crippen LogP contribution in [-0.2, 0) is 16.1 Å². The molecule has 1 heterocycles. The lowest BCUT2D eigenvalue weighted by Gasteiger charge is -2.41. The lowest BCUT2D eigenvalue weighted by Crippen LogP contribution is -2.38. The van der Waals surface area contributed by atoms with E-state index in [1.807, 2.05) is 78.9 Å². The van der Waals surface area contributed by atoms with Crippen LogP contribution in [0.1, 0.15) is 36.0 Å². The molecule has 4 aromatic carbocycles. The van der Waals surface area contributed by atoms with Crippen LogP contribution in [0.15, 0.2) is 103 Å². The predicted molar refractivity (Wildman–Crippen MR) is 169 cm³/mol. The Morgan fingerprint density at radius 1 is 0.814 bits per heavy atom. The predicted octanol–water partition coefficient (Wildman–Crippen LogP) is 7.13. The van der Waals surface area contributed by atoms with Gasteiger partial charge in [-0.05, 0) is 59.7 Å². The van der Waals surface area contributed by atoms with Crippen LogP contribution in [0.2, 0.25) is 0 Å². The highest BCUT2D eigenvalue weighted by atomic mass is 32.2. The Kier molecular flexibility index (Phi) is 10.7. The van der Waals surface area contributed by atoms with Crippen LogP contribution in [0.3, 0.4) is 0 Å². The molecule has 0 aromatic heterocycles. The molecule has 2 amide bonds. The van der Waals surface area contributed by atoms with Gasteiger partial charge in [-0.25, -0.2) is 4.79 Å². The second-order valence-corrected chi connectivity index (χ2v) is 11.4. The Bertz CT molecular complexity index is 1450. The van der Waals surface area contributed by atoms with Gasteiger partial charge in [0.2, 0.25) is 0 Å². The maximum absolute atomic E-state index is 12.8. The Hall–Kier alpha value is -3.86. The minimum atomic E-state index is -0.652. The fourth-order valence-corrected chi connectivity index (χ4v) is 5.77. The van der Waals surface area contributed by atoms with Crippen molar-refractivity contribution in [3.8, 4) is 11.5 Å². The average molecular weight is 601 g/mol. The first-order chi connectivity index (χ1) is 21.0. The minimum Gasteiger partial charge on any atom is -0.457 e. The van der Waals surface area contributed by atoms with Gasteiger partial charge in [-0.1, -0.05) is 61.5 Å². The van der Waals surface area contributed by atoms with Gasteiger partial charge in [-0.15, -0.1) is 0 Å². The Morgan fingerprint density at radius 3 is 2.26 bits per heavy atom. The van der Waals surface area contributed by atoms with Crippen molar-refractivity contribution >= 4 is 29.2 Å². The van der Waals surface area contributed by atoms with Crippen LogP contribution in [0.5, 0.6) is 11.5 Å². The van der Waals surface area contributed by atoms with Gasteiger partial charge in [0.25, 0.3) is 0 Å². The van der Waals surface area contributed by atoms with Gasteiger partial charge in [0, 0.05) is 34.4 Å². The van der Waals surface area contributed by atoms with Gasteiger partial charge >= 0.3 is 6.03 Å². The van der Waals surface area contributed by atoms with E-state index in [0.29, 0.717) is 28.6 Å². The number of ether oxygens (including phenoxy) is 3. The molecule has 9 heteroatoms. The van der Waals surface area contributed by atoms with Gasteiger partial charge in [-0.3, -0.25) is 0 Å².